The lowest BCUT2D eigenvalue weighted by atomic mass is 9.75. The second-order valence-electron chi connectivity index (χ2n) is 8.39. The van der Waals surface area contributed by atoms with Crippen molar-refractivity contribution < 1.29 is 23.6 Å². The summed E-state index contributed by atoms with van der Waals surface area (Å²) < 4.78 is 14.2. The quantitative estimate of drug-likeness (QED) is 0.671. The summed E-state index contributed by atoms with van der Waals surface area (Å²) in [5.41, 5.74) is -0.596. The fourth-order valence-corrected chi connectivity index (χ4v) is 4.67. The summed E-state index contributed by atoms with van der Waals surface area (Å²) in [6.45, 7) is 2.44. The highest BCUT2D eigenvalue weighted by atomic mass is 19.1. The number of benzene rings is 1. The van der Waals surface area contributed by atoms with Gasteiger partial charge < -0.3 is 10.2 Å². The van der Waals surface area contributed by atoms with Gasteiger partial charge in [-0.3, -0.25) is 29.1 Å². The Morgan fingerprint density at radius 1 is 1.24 bits per heavy atom. The van der Waals surface area contributed by atoms with Gasteiger partial charge in [0.15, 0.2) is 0 Å². The molecular formula is C24H25FN4O4. The van der Waals surface area contributed by atoms with Crippen LogP contribution in [0, 0.1) is 5.82 Å². The summed E-state index contributed by atoms with van der Waals surface area (Å²) in [7, 11) is 0. The molecule has 0 unspecified atom stereocenters. The van der Waals surface area contributed by atoms with E-state index < -0.39 is 35.0 Å². The largest absolute Gasteiger partial charge is 0.353 e. The molecule has 2 atom stereocenters. The summed E-state index contributed by atoms with van der Waals surface area (Å²) in [5, 5.41) is 2.74. The molecule has 0 aliphatic carbocycles. The first-order valence-electron chi connectivity index (χ1n) is 10.9. The normalized spacial score (nSPS) is 23.1. The Bertz CT molecular complexity index is 1090. The first-order valence-corrected chi connectivity index (χ1v) is 10.9. The maximum absolute atomic E-state index is 14.2. The minimum absolute atomic E-state index is 0.0144. The smallest absolute Gasteiger partial charge is 0.242 e. The number of piperazine rings is 1. The van der Waals surface area contributed by atoms with Crippen molar-refractivity contribution in [2.75, 3.05) is 13.1 Å². The fourth-order valence-electron chi connectivity index (χ4n) is 4.67. The molecular weight excluding hydrogens is 427 g/mol. The van der Waals surface area contributed by atoms with Gasteiger partial charge in [-0.05, 0) is 35.7 Å². The third-order valence-electron chi connectivity index (χ3n) is 6.34. The monoisotopic (exact) mass is 452 g/mol. The molecule has 0 spiro atoms. The molecule has 1 aromatic heterocycles. The van der Waals surface area contributed by atoms with Crippen LogP contribution < -0.4 is 5.32 Å². The number of imide groups is 1. The first kappa shape index (κ1) is 22.6. The highest BCUT2D eigenvalue weighted by Gasteiger charge is 2.54. The molecule has 2 aliphatic heterocycles. The van der Waals surface area contributed by atoms with Gasteiger partial charge in [0.2, 0.25) is 23.6 Å². The van der Waals surface area contributed by atoms with Crippen LogP contribution in [0.1, 0.15) is 37.3 Å². The van der Waals surface area contributed by atoms with Gasteiger partial charge in [0, 0.05) is 38.3 Å². The molecule has 0 saturated carbocycles. The standard InChI is InChI=1S/C24H25FN4O4/c1-2-19-22(32)27-9-10-28(19)20(30)12-24(17-6-3-7-18(25)11-17)13-21(31)29(23(24)33)15-16-5-4-8-26-14-16/h3-8,11,14,19H,2,9-10,12-13,15H2,1H3,(H,27,32)/t19-,24+/m0/s1. The molecule has 8 nitrogen and oxygen atoms in total. The number of rotatable bonds is 6. The number of aromatic nitrogens is 1. The van der Waals surface area contributed by atoms with Gasteiger partial charge in [0.25, 0.3) is 0 Å². The van der Waals surface area contributed by atoms with Crippen molar-refractivity contribution in [1.29, 1.82) is 0 Å². The lowest BCUT2D eigenvalue weighted by Gasteiger charge is -2.37. The molecule has 2 aromatic rings. The van der Waals surface area contributed by atoms with E-state index in [9.17, 15) is 23.6 Å². The van der Waals surface area contributed by atoms with Gasteiger partial charge in [-0.2, -0.15) is 0 Å². The Labute approximate surface area is 190 Å². The Morgan fingerprint density at radius 2 is 2.06 bits per heavy atom. The molecule has 2 saturated heterocycles. The van der Waals surface area contributed by atoms with Gasteiger partial charge in [-0.1, -0.05) is 25.1 Å². The van der Waals surface area contributed by atoms with Gasteiger partial charge in [0.05, 0.1) is 12.0 Å². The van der Waals surface area contributed by atoms with Gasteiger partial charge in [-0.15, -0.1) is 0 Å². The van der Waals surface area contributed by atoms with Crippen LogP contribution in [0.3, 0.4) is 0 Å². The number of halogens is 1. The van der Waals surface area contributed by atoms with E-state index in [1.807, 2.05) is 0 Å². The molecule has 0 radical (unpaired) electrons. The molecule has 33 heavy (non-hydrogen) atoms. The minimum Gasteiger partial charge on any atom is -0.353 e. The van der Waals surface area contributed by atoms with E-state index in [0.717, 1.165) is 4.90 Å². The van der Waals surface area contributed by atoms with Crippen molar-refractivity contribution in [2.24, 2.45) is 0 Å². The molecule has 4 amide bonds. The van der Waals surface area contributed by atoms with Crippen LogP contribution in [0.15, 0.2) is 48.8 Å². The van der Waals surface area contributed by atoms with Crippen LogP contribution in [0.25, 0.3) is 0 Å². The molecule has 2 fully saturated rings. The number of nitrogens with zero attached hydrogens (tertiary/aromatic N) is 3. The summed E-state index contributed by atoms with van der Waals surface area (Å²) >= 11 is 0. The third kappa shape index (κ3) is 4.22. The predicted octanol–water partition coefficient (Wildman–Crippen LogP) is 1.54. The van der Waals surface area contributed by atoms with Gasteiger partial charge >= 0.3 is 0 Å². The van der Waals surface area contributed by atoms with Crippen molar-refractivity contribution in [3.05, 3.63) is 65.7 Å². The van der Waals surface area contributed by atoms with E-state index in [2.05, 4.69) is 10.3 Å². The van der Waals surface area contributed by atoms with Crippen molar-refractivity contribution in [3.8, 4) is 0 Å². The van der Waals surface area contributed by atoms with Crippen molar-refractivity contribution in [3.63, 3.8) is 0 Å². The number of hydrogen-bond acceptors (Lipinski definition) is 5. The zero-order valence-electron chi connectivity index (χ0n) is 18.3. The van der Waals surface area contributed by atoms with E-state index in [4.69, 9.17) is 0 Å². The third-order valence-corrected chi connectivity index (χ3v) is 6.34. The van der Waals surface area contributed by atoms with Crippen LogP contribution in [0.2, 0.25) is 0 Å². The summed E-state index contributed by atoms with van der Waals surface area (Å²) in [6.07, 6.45) is 2.99. The highest BCUT2D eigenvalue weighted by molar-refractivity contribution is 6.10. The van der Waals surface area contributed by atoms with E-state index in [1.54, 1.807) is 37.5 Å². The van der Waals surface area contributed by atoms with E-state index in [1.165, 1.54) is 23.1 Å². The Balaban J connectivity index is 1.69. The Hall–Kier alpha value is -3.62. The number of amides is 4. The maximum atomic E-state index is 14.2. The number of pyridine rings is 1. The summed E-state index contributed by atoms with van der Waals surface area (Å²) in [4.78, 5) is 58.9. The Kier molecular flexibility index (Phi) is 6.22. The van der Waals surface area contributed by atoms with Crippen LogP contribution in [-0.4, -0.2) is 57.5 Å². The lowest BCUT2D eigenvalue weighted by Crippen LogP contribution is -2.58. The predicted molar refractivity (Wildman–Crippen MR) is 116 cm³/mol. The second-order valence-corrected chi connectivity index (χ2v) is 8.39. The number of hydrogen-bond donors (Lipinski definition) is 1. The van der Waals surface area contributed by atoms with E-state index in [-0.39, 0.29) is 30.9 Å². The minimum atomic E-state index is -1.54. The number of likely N-dealkylation sites (tertiary alicyclic amines) is 1. The SMILES string of the molecule is CC[C@H]1C(=O)NCCN1C(=O)C[C@]1(c2cccc(F)c2)CC(=O)N(Cc2cccnc2)C1=O. The summed E-state index contributed by atoms with van der Waals surface area (Å²) in [5.74, 6) is -2.21. The number of nitrogens with one attached hydrogen (secondary N) is 1. The lowest BCUT2D eigenvalue weighted by molar-refractivity contribution is -0.147. The zero-order chi connectivity index (χ0) is 23.6. The van der Waals surface area contributed by atoms with Gasteiger partial charge in [0.1, 0.15) is 11.9 Å². The topological polar surface area (TPSA) is 99.7 Å². The average Bonchev–Trinajstić information content (AvgIpc) is 3.04. The van der Waals surface area contributed by atoms with Crippen molar-refractivity contribution in [2.45, 2.75) is 44.2 Å². The van der Waals surface area contributed by atoms with E-state index >= 15 is 0 Å². The van der Waals surface area contributed by atoms with Crippen LogP contribution >= 0.6 is 0 Å². The van der Waals surface area contributed by atoms with Crippen LogP contribution in [0.5, 0.6) is 0 Å². The fraction of sp³-hybridized carbons (Fsp3) is 0.375. The molecule has 2 aliphatic rings. The zero-order valence-corrected chi connectivity index (χ0v) is 18.3. The molecule has 4 rings (SSSR count). The molecule has 3 heterocycles. The highest BCUT2D eigenvalue weighted by Crippen LogP contribution is 2.41. The van der Waals surface area contributed by atoms with E-state index in [0.29, 0.717) is 25.1 Å². The molecule has 9 heteroatoms. The van der Waals surface area contributed by atoms with Crippen LogP contribution in [0.4, 0.5) is 4.39 Å². The first-order chi connectivity index (χ1) is 15.9. The number of carbonyl (C=O) groups excluding carboxylic acids is 4. The maximum Gasteiger partial charge on any atom is 0.242 e. The molecule has 1 aromatic carbocycles. The second kappa shape index (κ2) is 9.09. The molecule has 1 N–H and O–H groups in total. The van der Waals surface area contributed by atoms with Crippen LogP contribution in [-0.2, 0) is 31.1 Å². The molecule has 0 bridgehead atoms. The van der Waals surface area contributed by atoms with Gasteiger partial charge in [-0.25, -0.2) is 4.39 Å². The molecule has 172 valence electrons. The summed E-state index contributed by atoms with van der Waals surface area (Å²) in [6, 6.07) is 8.28. The number of carbonyl (C=O) groups is 4. The van der Waals surface area contributed by atoms with Crippen molar-refractivity contribution >= 4 is 23.6 Å². The Morgan fingerprint density at radius 3 is 2.76 bits per heavy atom. The van der Waals surface area contributed by atoms with Crippen molar-refractivity contribution in [1.82, 2.24) is 20.1 Å². The average molecular weight is 452 g/mol.